The standard InChI is InChI=1S/C11H19NO.C9H17NO2.C9H16O.2C8H15NO.C8H16O.C8H14O.C7H14N2O.C7H15N.C6H10N2O2.C6H10N2O/c1-11(2,3)10(13)12(8-4-5-8)9-6-7-9;1-9(2,3)8(12)10-4-7(5-10)6-11;1-9(2,3)8(10)6-7-4-5-7;1-8(2,3)7(10)9-5-4-6-9;1-8(2,3)9-7(10)6-4-5-6;2*1-8(2,3)7(9)6-4-5-6;1-7(2,3)9-5-4-8-6(9)10;1-7(2,3)8-6-4-5-6;1-6(2,3)4-7-8-5(9)10-4;1-6(2,3)5-8-7-4-9-5/h8-9H,4-7H2,1-3H3;7,11H,4-6H2,1-3H3;7H,4-6H2,1-3H3;4-6H2,1-3H3;6H,4-5H2,1-3H3,(H,9,10);6-7,9H,4-5H2,1-3H3;6H,4-5H2,1-3H3;4-5H2,1-3H3,(H,8,10);6,8H,4-5H2,1-3H3;1-3H3,(H,8,9);4H,1-3H3. The van der Waals surface area contributed by atoms with Gasteiger partial charge in [-0.05, 0) is 176 Å². The van der Waals surface area contributed by atoms with Crippen LogP contribution in [0.15, 0.2) is 20.0 Å². The molecule has 0 spiro atoms. The Morgan fingerprint density at radius 2 is 1.03 bits per heavy atom. The molecule has 1 atom stereocenters. The minimum Gasteiger partial charge on any atom is -0.427 e. The number of aliphatic hydroxyl groups is 2. The van der Waals surface area contributed by atoms with Crippen molar-refractivity contribution >= 4 is 41.2 Å². The van der Waals surface area contributed by atoms with E-state index in [4.69, 9.17) is 13.9 Å². The Kier molecular flexibility index (Phi) is 37.6. The lowest BCUT2D eigenvalue weighted by Crippen LogP contribution is -2.54. The highest BCUT2D eigenvalue weighted by Gasteiger charge is 2.46. The van der Waals surface area contributed by atoms with Crippen LogP contribution in [-0.2, 0) is 39.6 Å². The first-order valence-corrected chi connectivity index (χ1v) is 41.4. The molecule has 6 amide bonds. The molecule has 2 aromatic rings. The number of urea groups is 1. The van der Waals surface area contributed by atoms with Crippen LogP contribution in [0.25, 0.3) is 0 Å². The molecule has 110 heavy (non-hydrogen) atoms. The van der Waals surface area contributed by atoms with E-state index in [2.05, 4.69) is 82.8 Å². The number of aromatic amines is 1. The van der Waals surface area contributed by atoms with Crippen LogP contribution >= 0.6 is 0 Å². The van der Waals surface area contributed by atoms with E-state index in [9.17, 15) is 43.5 Å². The number of aliphatic hydroxyl groups excluding tert-OH is 2. The van der Waals surface area contributed by atoms with Crippen LogP contribution in [0.2, 0.25) is 0 Å². The van der Waals surface area contributed by atoms with E-state index in [1.165, 1.54) is 77.0 Å². The zero-order valence-corrected chi connectivity index (χ0v) is 75.6. The van der Waals surface area contributed by atoms with Gasteiger partial charge >= 0.3 is 11.8 Å². The fraction of sp³-hybridized carbons (Fsp3) is 0.874. The van der Waals surface area contributed by atoms with Gasteiger partial charge in [0.1, 0.15) is 11.6 Å². The Morgan fingerprint density at radius 3 is 1.24 bits per heavy atom. The molecule has 1 unspecified atom stereocenters. The molecule has 0 radical (unpaired) electrons. The van der Waals surface area contributed by atoms with Gasteiger partial charge < -0.3 is 54.6 Å². The predicted octanol–water partition coefficient (Wildman–Crippen LogP) is 15.8. The number of amides is 6. The molecule has 23 nitrogen and oxygen atoms in total. The van der Waals surface area contributed by atoms with Crippen LogP contribution in [0.4, 0.5) is 4.79 Å². The first-order chi connectivity index (χ1) is 49.7. The van der Waals surface area contributed by atoms with Crippen molar-refractivity contribution in [2.45, 2.75) is 383 Å². The summed E-state index contributed by atoms with van der Waals surface area (Å²) >= 11 is 0. The summed E-state index contributed by atoms with van der Waals surface area (Å²) in [4.78, 5) is 97.8. The molecule has 5 heterocycles. The molecule has 6 N–H and O–H groups in total. The third kappa shape index (κ3) is 42.5. The highest BCUT2D eigenvalue weighted by molar-refractivity contribution is 5.88. The lowest BCUT2D eigenvalue weighted by molar-refractivity contribution is -0.147. The number of carbonyl (C=O) groups excluding carboxylic acids is 7. The van der Waals surface area contributed by atoms with Crippen molar-refractivity contribution in [3.05, 3.63) is 28.7 Å². The molecule has 3 aliphatic heterocycles. The number of rotatable bonds is 9. The topological polar surface area (TPSA) is 307 Å². The summed E-state index contributed by atoms with van der Waals surface area (Å²) in [5.74, 6) is 5.00. The van der Waals surface area contributed by atoms with E-state index in [1.54, 1.807) is 4.90 Å². The molecule has 2 aromatic heterocycles. The van der Waals surface area contributed by atoms with E-state index in [1.807, 2.05) is 197 Å². The Bertz CT molecular complexity index is 3150. The van der Waals surface area contributed by atoms with Crippen LogP contribution in [0.5, 0.6) is 0 Å². The zero-order valence-electron chi connectivity index (χ0n) is 75.6. The third-order valence-electron chi connectivity index (χ3n) is 18.7. The molecule has 10 aliphatic rings. The first kappa shape index (κ1) is 101. The van der Waals surface area contributed by atoms with E-state index in [-0.39, 0.29) is 85.0 Å². The summed E-state index contributed by atoms with van der Waals surface area (Å²) in [6, 6.07) is 2.10. The van der Waals surface area contributed by atoms with Crippen molar-refractivity contribution < 1.29 is 52.6 Å². The van der Waals surface area contributed by atoms with Crippen molar-refractivity contribution in [1.82, 2.24) is 55.9 Å². The fourth-order valence-electron chi connectivity index (χ4n) is 10.8. The number of likely N-dealkylation sites (tertiary alicyclic amines) is 2. The fourth-order valence-corrected chi connectivity index (χ4v) is 10.8. The number of aromatic nitrogens is 4. The van der Waals surface area contributed by atoms with E-state index >= 15 is 0 Å². The minimum atomic E-state index is -0.495. The lowest BCUT2D eigenvalue weighted by Gasteiger charge is -2.41. The summed E-state index contributed by atoms with van der Waals surface area (Å²) in [5.41, 5.74) is -0.714. The third-order valence-corrected chi connectivity index (χ3v) is 18.7. The SMILES string of the molecule is CC(C)(C)C(=O)C1CC1.CC(C)(C)C(=O)CC1CC1.CC(C)(C)C(=O)N(C1CC1)C1CC1.CC(C)(C)C(=O)N1CC(CO)C1.CC(C)(C)C(=O)N1CCC1.CC(C)(C)C(O)C1CC1.CC(C)(C)N1CCNC1=O.CC(C)(C)NC(=O)C1CC1.CC(C)(C)NC1CC1.CC(C)(C)c1n[nH]c(=O)o1.CC(C)(C)c1nnco1. The van der Waals surface area contributed by atoms with Crippen molar-refractivity contribution in [1.29, 1.82) is 0 Å². The first-order valence-electron chi connectivity index (χ1n) is 41.4. The number of carbonyl (C=O) groups is 7. The van der Waals surface area contributed by atoms with Crippen LogP contribution < -0.4 is 21.7 Å². The number of nitrogens with zero attached hydrogens (tertiary/aromatic N) is 7. The predicted molar refractivity (Wildman–Crippen MR) is 442 cm³/mol. The maximum Gasteiger partial charge on any atom is 0.434 e. The van der Waals surface area contributed by atoms with Gasteiger partial charge in [-0.2, -0.15) is 0 Å². The molecular weight excluding hydrogens is 1390 g/mol. The van der Waals surface area contributed by atoms with Gasteiger partial charge in [0.05, 0.1) is 6.10 Å². The second kappa shape index (κ2) is 41.1. The molecule has 7 aliphatic carbocycles. The number of H-pyrrole nitrogens is 1. The average molecular weight is 1550 g/mol. The smallest absolute Gasteiger partial charge is 0.427 e. The Balaban J connectivity index is 0.000000412. The van der Waals surface area contributed by atoms with Crippen LogP contribution in [0.3, 0.4) is 0 Å². The van der Waals surface area contributed by atoms with Crippen molar-refractivity contribution in [2.75, 3.05) is 45.9 Å². The Hall–Kier alpha value is -5.55. The van der Waals surface area contributed by atoms with Gasteiger partial charge in [-0.1, -0.05) is 166 Å². The number of Topliss-reactive ketones (excluding diaryl/α,β-unsaturated/α-hetero) is 2. The van der Waals surface area contributed by atoms with E-state index in [0.717, 1.165) is 83.3 Å². The Labute approximate surface area is 666 Å². The quantitative estimate of drug-likeness (QED) is 0.136. The number of ketones is 2. The largest absolute Gasteiger partial charge is 0.434 e. The van der Waals surface area contributed by atoms with Crippen molar-refractivity contribution in [3.8, 4) is 0 Å². The maximum absolute atomic E-state index is 12.1. The second-order valence-electron chi connectivity index (χ2n) is 43.6. The molecule has 7 saturated carbocycles. The summed E-state index contributed by atoms with van der Waals surface area (Å²) < 4.78 is 9.70. The van der Waals surface area contributed by atoms with E-state index < -0.39 is 5.76 Å². The summed E-state index contributed by atoms with van der Waals surface area (Å²) in [6.07, 6.45) is 20.5. The normalized spacial score (nSPS) is 18.9. The van der Waals surface area contributed by atoms with Crippen molar-refractivity contribution in [2.24, 2.45) is 62.1 Å². The molecule has 636 valence electrons. The summed E-state index contributed by atoms with van der Waals surface area (Å²) in [6.45, 7) is 71.8. The monoisotopic (exact) mass is 1550 g/mol. The second-order valence-corrected chi connectivity index (χ2v) is 43.6. The van der Waals surface area contributed by atoms with Gasteiger partial charge in [-0.15, -0.1) is 15.3 Å². The minimum absolute atomic E-state index is 0.0174. The molecule has 23 heteroatoms. The molecular formula is C87H161N11O12. The van der Waals surface area contributed by atoms with Gasteiger partial charge in [-0.3, -0.25) is 28.8 Å². The average Bonchev–Trinajstić information content (AvgIpc) is 1.66. The Morgan fingerprint density at radius 1 is 0.555 bits per heavy atom. The molecule has 0 aromatic carbocycles. The summed E-state index contributed by atoms with van der Waals surface area (Å²) in [5, 5.41) is 40.7. The van der Waals surface area contributed by atoms with Gasteiger partial charge in [-0.25, -0.2) is 14.7 Å². The summed E-state index contributed by atoms with van der Waals surface area (Å²) in [7, 11) is 0. The van der Waals surface area contributed by atoms with Crippen molar-refractivity contribution in [3.63, 3.8) is 0 Å². The number of nitrogens with one attached hydrogen (secondary N) is 4. The van der Waals surface area contributed by atoms with Gasteiger partial charge in [0.15, 0.2) is 0 Å². The highest BCUT2D eigenvalue weighted by Crippen LogP contribution is 2.42. The van der Waals surface area contributed by atoms with Gasteiger partial charge in [0.25, 0.3) is 0 Å². The molecule has 3 saturated heterocycles. The van der Waals surface area contributed by atoms with Crippen LogP contribution in [0, 0.1) is 62.1 Å². The number of hydrogen-bond donors (Lipinski definition) is 6. The van der Waals surface area contributed by atoms with Crippen LogP contribution in [-0.4, -0.2) is 178 Å². The maximum atomic E-state index is 12.1. The number of hydrogen-bond acceptors (Lipinski definition) is 16. The van der Waals surface area contributed by atoms with Gasteiger partial charge in [0.2, 0.25) is 41.8 Å². The molecule has 10 fully saturated rings. The van der Waals surface area contributed by atoms with E-state index in [0.29, 0.717) is 76.5 Å². The molecule has 0 bridgehead atoms. The molecule has 12 rings (SSSR count). The van der Waals surface area contributed by atoms with Gasteiger partial charge in [0, 0.05) is 143 Å². The highest BCUT2D eigenvalue weighted by atomic mass is 16.4. The lowest BCUT2D eigenvalue weighted by atomic mass is 9.86. The zero-order chi connectivity index (χ0) is 85.1. The van der Waals surface area contributed by atoms with Crippen LogP contribution in [0.1, 0.15) is 343 Å².